The summed E-state index contributed by atoms with van der Waals surface area (Å²) in [6, 6.07) is 5.69. The average Bonchev–Trinajstić information content (AvgIpc) is 2.36. The number of benzene rings is 1. The standard InChI is InChI=1S/C14H21N3O3/c1-15-13-9-11(5-6-14(13)17(19)20)10-16(7-8-18)12-3-2-4-12/h5-6,9,12,15,18H,2-4,7-8,10H2,1H3. The number of hydrogen-bond donors (Lipinski definition) is 2. The Morgan fingerprint density at radius 1 is 1.50 bits per heavy atom. The Labute approximate surface area is 118 Å². The monoisotopic (exact) mass is 279 g/mol. The highest BCUT2D eigenvalue weighted by molar-refractivity contribution is 5.62. The van der Waals surface area contributed by atoms with E-state index in [1.54, 1.807) is 19.2 Å². The fourth-order valence-electron chi connectivity index (χ4n) is 2.55. The van der Waals surface area contributed by atoms with Crippen molar-refractivity contribution in [3.63, 3.8) is 0 Å². The molecule has 0 spiro atoms. The van der Waals surface area contributed by atoms with E-state index in [4.69, 9.17) is 5.11 Å². The summed E-state index contributed by atoms with van der Waals surface area (Å²) in [4.78, 5) is 12.8. The SMILES string of the molecule is CNc1cc(CN(CCO)C2CCC2)ccc1[N+](=O)[O-]. The summed E-state index contributed by atoms with van der Waals surface area (Å²) < 4.78 is 0. The largest absolute Gasteiger partial charge is 0.395 e. The van der Waals surface area contributed by atoms with E-state index in [2.05, 4.69) is 10.2 Å². The van der Waals surface area contributed by atoms with Gasteiger partial charge in [0.15, 0.2) is 0 Å². The van der Waals surface area contributed by atoms with E-state index in [1.165, 1.54) is 19.3 Å². The summed E-state index contributed by atoms with van der Waals surface area (Å²) >= 11 is 0. The highest BCUT2D eigenvalue weighted by Gasteiger charge is 2.25. The van der Waals surface area contributed by atoms with E-state index < -0.39 is 0 Å². The van der Waals surface area contributed by atoms with Crippen molar-refractivity contribution in [3.05, 3.63) is 33.9 Å². The van der Waals surface area contributed by atoms with E-state index in [9.17, 15) is 10.1 Å². The van der Waals surface area contributed by atoms with Crippen LogP contribution in [0.5, 0.6) is 0 Å². The van der Waals surface area contributed by atoms with Gasteiger partial charge >= 0.3 is 0 Å². The van der Waals surface area contributed by atoms with Gasteiger partial charge in [0.1, 0.15) is 5.69 Å². The van der Waals surface area contributed by atoms with Crippen molar-refractivity contribution >= 4 is 11.4 Å². The summed E-state index contributed by atoms with van der Waals surface area (Å²) in [5, 5.41) is 22.9. The second-order valence-electron chi connectivity index (χ2n) is 5.14. The maximum Gasteiger partial charge on any atom is 0.292 e. The molecule has 0 heterocycles. The Balaban J connectivity index is 2.13. The molecule has 20 heavy (non-hydrogen) atoms. The molecule has 1 fully saturated rings. The first-order chi connectivity index (χ1) is 9.65. The predicted molar refractivity (Wildman–Crippen MR) is 77.8 cm³/mol. The summed E-state index contributed by atoms with van der Waals surface area (Å²) in [5.74, 6) is 0. The molecule has 2 rings (SSSR count). The molecule has 1 aliphatic carbocycles. The molecular weight excluding hydrogens is 258 g/mol. The Bertz CT molecular complexity index is 475. The van der Waals surface area contributed by atoms with Gasteiger partial charge in [-0.3, -0.25) is 15.0 Å². The van der Waals surface area contributed by atoms with Crippen LogP contribution < -0.4 is 5.32 Å². The number of hydrogen-bond acceptors (Lipinski definition) is 5. The molecule has 0 bridgehead atoms. The van der Waals surface area contributed by atoms with Gasteiger partial charge < -0.3 is 10.4 Å². The molecule has 0 radical (unpaired) electrons. The van der Waals surface area contributed by atoms with Gasteiger partial charge in [0.05, 0.1) is 11.5 Å². The van der Waals surface area contributed by atoms with Crippen LogP contribution >= 0.6 is 0 Å². The molecule has 6 heteroatoms. The van der Waals surface area contributed by atoms with Crippen LogP contribution in [0.3, 0.4) is 0 Å². The van der Waals surface area contributed by atoms with Gasteiger partial charge in [0.2, 0.25) is 0 Å². The molecule has 0 atom stereocenters. The minimum atomic E-state index is -0.382. The second-order valence-corrected chi connectivity index (χ2v) is 5.14. The Kier molecular flexibility index (Phi) is 4.92. The van der Waals surface area contributed by atoms with Gasteiger partial charge in [0, 0.05) is 32.2 Å². The Hall–Kier alpha value is -1.66. The number of aliphatic hydroxyl groups excluding tert-OH is 1. The molecule has 1 aromatic rings. The molecular formula is C14H21N3O3. The number of rotatable bonds is 7. The maximum absolute atomic E-state index is 10.9. The Morgan fingerprint density at radius 2 is 2.25 bits per heavy atom. The molecule has 0 saturated heterocycles. The van der Waals surface area contributed by atoms with E-state index in [0.717, 1.165) is 12.1 Å². The van der Waals surface area contributed by atoms with Gasteiger partial charge in [-0.15, -0.1) is 0 Å². The summed E-state index contributed by atoms with van der Waals surface area (Å²) in [5.41, 5.74) is 1.65. The number of nitrogens with zero attached hydrogens (tertiary/aromatic N) is 2. The van der Waals surface area contributed by atoms with Gasteiger partial charge in [-0.1, -0.05) is 12.5 Å². The van der Waals surface area contributed by atoms with E-state index in [-0.39, 0.29) is 17.2 Å². The van der Waals surface area contributed by atoms with Crippen molar-refractivity contribution in [2.24, 2.45) is 0 Å². The van der Waals surface area contributed by atoms with Crippen LogP contribution in [0.25, 0.3) is 0 Å². The van der Waals surface area contributed by atoms with Crippen molar-refractivity contribution in [3.8, 4) is 0 Å². The molecule has 1 aromatic carbocycles. The minimum Gasteiger partial charge on any atom is -0.395 e. The normalized spacial score (nSPS) is 15.2. The van der Waals surface area contributed by atoms with E-state index >= 15 is 0 Å². The number of anilines is 1. The number of aliphatic hydroxyl groups is 1. The molecule has 0 amide bonds. The molecule has 0 unspecified atom stereocenters. The first-order valence-corrected chi connectivity index (χ1v) is 6.95. The van der Waals surface area contributed by atoms with E-state index in [1.807, 2.05) is 6.07 Å². The molecule has 110 valence electrons. The van der Waals surface area contributed by atoms with Crippen LogP contribution in [-0.4, -0.2) is 41.2 Å². The van der Waals surface area contributed by atoms with Gasteiger partial charge in [-0.25, -0.2) is 0 Å². The van der Waals surface area contributed by atoms with Crippen LogP contribution in [0, 0.1) is 10.1 Å². The number of nitro groups is 1. The van der Waals surface area contributed by atoms with Crippen molar-refractivity contribution in [1.82, 2.24) is 4.90 Å². The zero-order valence-electron chi connectivity index (χ0n) is 11.7. The topological polar surface area (TPSA) is 78.6 Å². The van der Waals surface area contributed by atoms with Gasteiger partial charge in [0.25, 0.3) is 5.69 Å². The predicted octanol–water partition coefficient (Wildman–Crippen LogP) is 1.98. The summed E-state index contributed by atoms with van der Waals surface area (Å²) in [7, 11) is 1.68. The van der Waals surface area contributed by atoms with Crippen molar-refractivity contribution < 1.29 is 10.0 Å². The molecule has 0 aromatic heterocycles. The highest BCUT2D eigenvalue weighted by atomic mass is 16.6. The lowest BCUT2D eigenvalue weighted by Crippen LogP contribution is -2.41. The number of nitro benzene ring substituents is 1. The molecule has 1 aliphatic rings. The quantitative estimate of drug-likeness (QED) is 0.589. The fourth-order valence-corrected chi connectivity index (χ4v) is 2.55. The zero-order chi connectivity index (χ0) is 14.5. The Morgan fingerprint density at radius 3 is 2.75 bits per heavy atom. The van der Waals surface area contributed by atoms with E-state index in [0.29, 0.717) is 18.3 Å². The third-order valence-electron chi connectivity index (χ3n) is 3.89. The van der Waals surface area contributed by atoms with Crippen molar-refractivity contribution in [2.75, 3.05) is 25.5 Å². The fraction of sp³-hybridized carbons (Fsp3) is 0.571. The third kappa shape index (κ3) is 3.26. The lowest BCUT2D eigenvalue weighted by atomic mass is 9.91. The molecule has 2 N–H and O–H groups in total. The first kappa shape index (κ1) is 14.7. The molecule has 1 saturated carbocycles. The van der Waals surface area contributed by atoms with Crippen molar-refractivity contribution in [2.45, 2.75) is 31.8 Å². The van der Waals surface area contributed by atoms with Crippen LogP contribution in [0.15, 0.2) is 18.2 Å². The third-order valence-corrected chi connectivity index (χ3v) is 3.89. The minimum absolute atomic E-state index is 0.0913. The highest BCUT2D eigenvalue weighted by Crippen LogP contribution is 2.29. The lowest BCUT2D eigenvalue weighted by molar-refractivity contribution is -0.384. The second kappa shape index (κ2) is 6.67. The van der Waals surface area contributed by atoms with Crippen LogP contribution in [0.4, 0.5) is 11.4 Å². The zero-order valence-corrected chi connectivity index (χ0v) is 11.7. The first-order valence-electron chi connectivity index (χ1n) is 6.95. The molecule has 0 aliphatic heterocycles. The van der Waals surface area contributed by atoms with Crippen LogP contribution in [-0.2, 0) is 6.54 Å². The smallest absolute Gasteiger partial charge is 0.292 e. The molecule has 6 nitrogen and oxygen atoms in total. The number of nitrogens with one attached hydrogen (secondary N) is 1. The van der Waals surface area contributed by atoms with Crippen LogP contribution in [0.2, 0.25) is 0 Å². The van der Waals surface area contributed by atoms with Crippen LogP contribution in [0.1, 0.15) is 24.8 Å². The summed E-state index contributed by atoms with van der Waals surface area (Å²) in [6.07, 6.45) is 3.59. The van der Waals surface area contributed by atoms with Gasteiger partial charge in [-0.05, 0) is 24.5 Å². The summed E-state index contributed by atoms with van der Waals surface area (Å²) in [6.45, 7) is 1.51. The van der Waals surface area contributed by atoms with Crippen molar-refractivity contribution in [1.29, 1.82) is 0 Å². The van der Waals surface area contributed by atoms with Gasteiger partial charge in [-0.2, -0.15) is 0 Å². The maximum atomic E-state index is 10.9. The average molecular weight is 279 g/mol. The lowest BCUT2D eigenvalue weighted by Gasteiger charge is -2.37.